The molecule has 0 saturated heterocycles. The van der Waals surface area contributed by atoms with Crippen molar-refractivity contribution < 1.29 is 4.79 Å². The molecule has 2 aromatic carbocycles. The molecule has 4 heteroatoms. The second-order valence-electron chi connectivity index (χ2n) is 5.82. The van der Waals surface area contributed by atoms with Crippen molar-refractivity contribution in [3.63, 3.8) is 0 Å². The molecule has 2 rings (SSSR count). The zero-order chi connectivity index (χ0) is 16.8. The van der Waals surface area contributed by atoms with E-state index in [0.29, 0.717) is 5.56 Å². The van der Waals surface area contributed by atoms with Crippen LogP contribution in [0.5, 0.6) is 0 Å². The van der Waals surface area contributed by atoms with Crippen molar-refractivity contribution in [3.8, 4) is 0 Å². The number of allylic oxidation sites excluding steroid dienone is 1. The van der Waals surface area contributed by atoms with Gasteiger partial charge in [-0.1, -0.05) is 54.6 Å². The number of nitrogens with one attached hydrogen (secondary N) is 1. The lowest BCUT2D eigenvalue weighted by Crippen LogP contribution is -2.42. The van der Waals surface area contributed by atoms with Crippen molar-refractivity contribution in [1.29, 1.82) is 0 Å². The van der Waals surface area contributed by atoms with Crippen LogP contribution in [0.1, 0.15) is 34.3 Å². The normalized spacial score (nSPS) is 12.8. The summed E-state index contributed by atoms with van der Waals surface area (Å²) in [5.74, 6) is -0.0719. The van der Waals surface area contributed by atoms with E-state index < -0.39 is 0 Å². The van der Waals surface area contributed by atoms with E-state index in [0.717, 1.165) is 11.1 Å². The molecule has 0 spiro atoms. The number of carbonyl (C=O) groups is 1. The maximum atomic E-state index is 12.7. The van der Waals surface area contributed by atoms with Crippen molar-refractivity contribution >= 4 is 18.3 Å². The number of carbonyl (C=O) groups excluding carboxylic acids is 1. The molecule has 0 aromatic heterocycles. The molecule has 0 aliphatic rings. The standard InChI is InChI=1S/C20H24N2O.ClH/c1-5-17(16-11-7-6-8-12-16)18-13-9-10-14-19(18)20(23)21-15(2)22(3)4;/h5-15,17H,1H2,2-4H3,(H,21,23);1H. The summed E-state index contributed by atoms with van der Waals surface area (Å²) in [7, 11) is 3.88. The van der Waals surface area contributed by atoms with E-state index in [1.54, 1.807) is 0 Å². The lowest BCUT2D eigenvalue weighted by atomic mass is 9.88. The Bertz CT molecular complexity index is 670. The average molecular weight is 345 g/mol. The molecule has 2 aromatic rings. The smallest absolute Gasteiger partial charge is 0.252 e. The van der Waals surface area contributed by atoms with Gasteiger partial charge in [0.05, 0.1) is 6.17 Å². The van der Waals surface area contributed by atoms with E-state index in [1.165, 1.54) is 0 Å². The van der Waals surface area contributed by atoms with Crippen molar-refractivity contribution in [2.45, 2.75) is 19.0 Å². The number of rotatable bonds is 6. The van der Waals surface area contributed by atoms with Crippen LogP contribution in [-0.2, 0) is 0 Å². The summed E-state index contributed by atoms with van der Waals surface area (Å²) in [6.45, 7) is 5.92. The molecule has 3 nitrogen and oxygen atoms in total. The average Bonchev–Trinajstić information content (AvgIpc) is 2.56. The van der Waals surface area contributed by atoms with Gasteiger partial charge in [0.15, 0.2) is 0 Å². The van der Waals surface area contributed by atoms with E-state index in [9.17, 15) is 4.79 Å². The van der Waals surface area contributed by atoms with Crippen LogP contribution < -0.4 is 5.32 Å². The van der Waals surface area contributed by atoms with Gasteiger partial charge in [0.1, 0.15) is 0 Å². The van der Waals surface area contributed by atoms with Crippen LogP contribution in [0, 0.1) is 0 Å². The van der Waals surface area contributed by atoms with Gasteiger partial charge < -0.3 is 5.32 Å². The number of benzene rings is 2. The highest BCUT2D eigenvalue weighted by Gasteiger charge is 2.19. The molecule has 0 aliphatic carbocycles. The lowest BCUT2D eigenvalue weighted by Gasteiger charge is -2.23. The monoisotopic (exact) mass is 344 g/mol. The van der Waals surface area contributed by atoms with Crippen molar-refractivity contribution in [2.24, 2.45) is 0 Å². The first-order valence-electron chi connectivity index (χ1n) is 7.78. The Hall–Kier alpha value is -2.10. The van der Waals surface area contributed by atoms with Crippen molar-refractivity contribution in [2.75, 3.05) is 14.1 Å². The predicted octanol–water partition coefficient (Wildman–Crippen LogP) is 4.06. The Morgan fingerprint density at radius 1 is 1.08 bits per heavy atom. The number of amides is 1. The summed E-state index contributed by atoms with van der Waals surface area (Å²) in [4.78, 5) is 14.6. The summed E-state index contributed by atoms with van der Waals surface area (Å²) in [5, 5.41) is 3.02. The first-order chi connectivity index (χ1) is 11.0. The third-order valence-corrected chi connectivity index (χ3v) is 4.05. The third kappa shape index (κ3) is 4.70. The highest BCUT2D eigenvalue weighted by molar-refractivity contribution is 5.96. The molecule has 128 valence electrons. The van der Waals surface area contributed by atoms with Crippen LogP contribution in [0.25, 0.3) is 0 Å². The second kappa shape index (κ2) is 9.26. The van der Waals surface area contributed by atoms with Gasteiger partial charge in [-0.05, 0) is 38.2 Å². The largest absolute Gasteiger partial charge is 0.337 e. The molecule has 0 fully saturated rings. The molecule has 0 bridgehead atoms. The van der Waals surface area contributed by atoms with E-state index in [4.69, 9.17) is 0 Å². The maximum Gasteiger partial charge on any atom is 0.252 e. The molecule has 1 N–H and O–H groups in total. The quantitative estimate of drug-likeness (QED) is 0.633. The minimum atomic E-state index is -0.0652. The van der Waals surface area contributed by atoms with E-state index in [1.807, 2.05) is 74.5 Å². The van der Waals surface area contributed by atoms with Crippen LogP contribution in [-0.4, -0.2) is 31.1 Å². The van der Waals surface area contributed by atoms with Gasteiger partial charge >= 0.3 is 0 Å². The molecule has 2 unspecified atom stereocenters. The van der Waals surface area contributed by atoms with E-state index in [2.05, 4.69) is 24.0 Å². The van der Waals surface area contributed by atoms with E-state index >= 15 is 0 Å². The van der Waals surface area contributed by atoms with Gasteiger partial charge in [-0.2, -0.15) is 0 Å². The maximum absolute atomic E-state index is 12.7. The molecule has 2 atom stereocenters. The zero-order valence-electron chi connectivity index (χ0n) is 14.4. The van der Waals surface area contributed by atoms with Gasteiger partial charge in [0.2, 0.25) is 0 Å². The fraction of sp³-hybridized carbons (Fsp3) is 0.250. The summed E-state index contributed by atoms with van der Waals surface area (Å²) in [5.41, 5.74) is 2.79. The van der Waals surface area contributed by atoms with Gasteiger partial charge in [0.25, 0.3) is 5.91 Å². The summed E-state index contributed by atoms with van der Waals surface area (Å²) < 4.78 is 0. The minimum Gasteiger partial charge on any atom is -0.337 e. The Morgan fingerprint density at radius 2 is 1.67 bits per heavy atom. The first kappa shape index (κ1) is 19.9. The lowest BCUT2D eigenvalue weighted by molar-refractivity contribution is 0.0899. The van der Waals surface area contributed by atoms with Gasteiger partial charge in [-0.3, -0.25) is 9.69 Å². The predicted molar refractivity (Wildman–Crippen MR) is 103 cm³/mol. The minimum absolute atomic E-state index is 0. The van der Waals surface area contributed by atoms with Crippen LogP contribution in [0.2, 0.25) is 0 Å². The summed E-state index contributed by atoms with van der Waals surface area (Å²) in [6, 6.07) is 17.8. The highest BCUT2D eigenvalue weighted by atomic mass is 35.5. The number of hydrogen-bond acceptors (Lipinski definition) is 2. The Kier molecular flexibility index (Phi) is 7.69. The van der Waals surface area contributed by atoms with Crippen molar-refractivity contribution in [1.82, 2.24) is 10.2 Å². The van der Waals surface area contributed by atoms with Crippen LogP contribution in [0.15, 0.2) is 67.3 Å². The second-order valence-corrected chi connectivity index (χ2v) is 5.82. The fourth-order valence-corrected chi connectivity index (χ4v) is 2.47. The molecule has 24 heavy (non-hydrogen) atoms. The SMILES string of the molecule is C=CC(c1ccccc1)c1ccccc1C(=O)NC(C)N(C)C.Cl. The number of hydrogen-bond donors (Lipinski definition) is 1. The molecule has 0 radical (unpaired) electrons. The highest BCUT2D eigenvalue weighted by Crippen LogP contribution is 2.28. The summed E-state index contributed by atoms with van der Waals surface area (Å²) >= 11 is 0. The Labute approximate surface area is 150 Å². The molecule has 0 heterocycles. The Balaban J connectivity index is 0.00000288. The molecule has 0 saturated carbocycles. The summed E-state index contributed by atoms with van der Waals surface area (Å²) in [6.07, 6.45) is 1.85. The fourth-order valence-electron chi connectivity index (χ4n) is 2.47. The van der Waals surface area contributed by atoms with Crippen LogP contribution in [0.3, 0.4) is 0 Å². The van der Waals surface area contributed by atoms with Gasteiger partial charge in [-0.15, -0.1) is 19.0 Å². The van der Waals surface area contributed by atoms with E-state index in [-0.39, 0.29) is 30.4 Å². The van der Waals surface area contributed by atoms with Crippen LogP contribution >= 0.6 is 12.4 Å². The number of nitrogens with zero attached hydrogens (tertiary/aromatic N) is 1. The first-order valence-corrected chi connectivity index (χ1v) is 7.78. The van der Waals surface area contributed by atoms with Gasteiger partial charge in [-0.25, -0.2) is 0 Å². The zero-order valence-corrected chi connectivity index (χ0v) is 15.2. The molecular weight excluding hydrogens is 320 g/mol. The van der Waals surface area contributed by atoms with Crippen LogP contribution in [0.4, 0.5) is 0 Å². The van der Waals surface area contributed by atoms with Gasteiger partial charge in [0, 0.05) is 11.5 Å². The third-order valence-electron chi connectivity index (χ3n) is 4.05. The molecule has 1 amide bonds. The number of halogens is 1. The molecular formula is C20H25ClN2O. The van der Waals surface area contributed by atoms with Crippen molar-refractivity contribution in [3.05, 3.63) is 83.9 Å². The molecule has 0 aliphatic heterocycles. The topological polar surface area (TPSA) is 32.3 Å². The Morgan fingerprint density at radius 3 is 2.25 bits per heavy atom.